The lowest BCUT2D eigenvalue weighted by Gasteiger charge is -2.06. The van der Waals surface area contributed by atoms with Crippen LogP contribution in [0, 0.1) is 18.6 Å². The monoisotopic (exact) mass is 423 g/mol. The Kier molecular flexibility index (Phi) is 4.58. The zero-order valence-electron chi connectivity index (χ0n) is 13.6. The molecular weight excluding hydrogens is 413 g/mol. The molecule has 0 saturated heterocycles. The molecule has 1 aromatic carbocycles. The molecule has 0 saturated carbocycles. The molecule has 0 radical (unpaired) electrons. The van der Waals surface area contributed by atoms with E-state index in [2.05, 4.69) is 15.0 Å². The summed E-state index contributed by atoms with van der Waals surface area (Å²) in [7, 11) is -4.21. The number of alkyl halides is 3. The minimum atomic E-state index is -4.83. The number of sulfone groups is 1. The molecule has 3 rings (SSSR count). The third kappa shape index (κ3) is 3.72. The number of imidazole rings is 1. The van der Waals surface area contributed by atoms with Crippen LogP contribution in [0.25, 0.3) is 22.0 Å². The maximum atomic E-state index is 14.2. The molecule has 0 amide bonds. The van der Waals surface area contributed by atoms with E-state index in [1.54, 1.807) is 12.3 Å². The molecule has 1 N–H and O–H groups in total. The van der Waals surface area contributed by atoms with Gasteiger partial charge in [0.1, 0.15) is 27.2 Å². The Morgan fingerprint density at radius 2 is 1.70 bits per heavy atom. The topological polar surface area (TPSA) is 75.7 Å². The van der Waals surface area contributed by atoms with Crippen molar-refractivity contribution in [3.05, 3.63) is 40.7 Å². The number of thiazole rings is 1. The molecule has 27 heavy (non-hydrogen) atoms. The molecule has 5 nitrogen and oxygen atoms in total. The Hall–Kier alpha value is -2.34. The van der Waals surface area contributed by atoms with Crippen molar-refractivity contribution >= 4 is 21.2 Å². The fraction of sp³-hybridized carbons (Fsp3) is 0.200. The highest BCUT2D eigenvalue weighted by atomic mass is 32.2. The predicted octanol–water partition coefficient (Wildman–Crippen LogP) is 4.21. The maximum absolute atomic E-state index is 14.2. The first-order chi connectivity index (χ1) is 12.4. The lowest BCUT2D eigenvalue weighted by molar-refractivity contribution is -0.144. The largest absolute Gasteiger partial charge is 0.449 e. The maximum Gasteiger partial charge on any atom is 0.449 e. The van der Waals surface area contributed by atoms with Gasteiger partial charge in [0.2, 0.25) is 5.82 Å². The van der Waals surface area contributed by atoms with Gasteiger partial charge in [-0.2, -0.15) is 13.2 Å². The van der Waals surface area contributed by atoms with E-state index in [0.717, 1.165) is 11.3 Å². The highest BCUT2D eigenvalue weighted by Crippen LogP contribution is 2.37. The van der Waals surface area contributed by atoms with Gasteiger partial charge in [-0.1, -0.05) is 0 Å². The van der Waals surface area contributed by atoms with Gasteiger partial charge in [0.05, 0.1) is 5.69 Å². The number of hydrogen-bond donors (Lipinski definition) is 1. The number of hydrogen-bond acceptors (Lipinski definition) is 5. The second-order valence-corrected chi connectivity index (χ2v) is 8.45. The van der Waals surface area contributed by atoms with Crippen LogP contribution in [-0.2, 0) is 16.0 Å². The van der Waals surface area contributed by atoms with Gasteiger partial charge in [-0.3, -0.25) is 0 Å². The molecule has 12 heteroatoms. The summed E-state index contributed by atoms with van der Waals surface area (Å²) >= 11 is 1.02. The van der Waals surface area contributed by atoms with E-state index in [1.807, 2.05) is 0 Å². The third-order valence-corrected chi connectivity index (χ3v) is 5.56. The highest BCUT2D eigenvalue weighted by Gasteiger charge is 2.37. The smallest absolute Gasteiger partial charge is 0.332 e. The zero-order valence-corrected chi connectivity index (χ0v) is 15.3. The fourth-order valence-electron chi connectivity index (χ4n) is 2.39. The first-order valence-electron chi connectivity index (χ1n) is 7.17. The molecule has 0 aliphatic carbocycles. The van der Waals surface area contributed by atoms with Crippen LogP contribution in [0.15, 0.2) is 22.4 Å². The predicted molar refractivity (Wildman–Crippen MR) is 87.9 cm³/mol. The molecule has 0 aliphatic heterocycles. The lowest BCUT2D eigenvalue weighted by atomic mass is 10.1. The van der Waals surface area contributed by atoms with Crippen molar-refractivity contribution in [2.24, 2.45) is 0 Å². The Labute approximate surface area is 153 Å². The molecular formula is C15H10F5N3O2S2. The van der Waals surface area contributed by atoms with Gasteiger partial charge in [-0.25, -0.2) is 27.2 Å². The number of rotatable bonds is 3. The lowest BCUT2D eigenvalue weighted by Crippen LogP contribution is -2.07. The zero-order chi connectivity index (χ0) is 20.1. The van der Waals surface area contributed by atoms with E-state index in [1.165, 1.54) is 0 Å². The Balaban J connectivity index is 2.27. The van der Waals surface area contributed by atoms with Gasteiger partial charge in [0.15, 0.2) is 9.84 Å². The van der Waals surface area contributed by atoms with Crippen molar-refractivity contribution < 1.29 is 30.4 Å². The molecule has 0 fully saturated rings. The number of aromatic amines is 1. The summed E-state index contributed by atoms with van der Waals surface area (Å²) in [5.74, 6) is -4.22. The molecule has 0 atom stereocenters. The van der Waals surface area contributed by atoms with E-state index in [4.69, 9.17) is 0 Å². The van der Waals surface area contributed by atoms with Crippen molar-refractivity contribution in [3.63, 3.8) is 0 Å². The molecule has 2 aromatic heterocycles. The summed E-state index contributed by atoms with van der Waals surface area (Å²) < 4.78 is 90.5. The summed E-state index contributed by atoms with van der Waals surface area (Å²) in [5.41, 5.74) is -0.387. The number of H-pyrrole nitrogens is 1. The number of aryl methyl sites for hydroxylation is 1. The van der Waals surface area contributed by atoms with Crippen LogP contribution < -0.4 is 0 Å². The van der Waals surface area contributed by atoms with Crippen LogP contribution in [0.4, 0.5) is 22.0 Å². The summed E-state index contributed by atoms with van der Waals surface area (Å²) in [4.78, 5) is 8.40. The van der Waals surface area contributed by atoms with Gasteiger partial charge in [0, 0.05) is 22.9 Å². The van der Waals surface area contributed by atoms with E-state index >= 15 is 0 Å². The van der Waals surface area contributed by atoms with Crippen molar-refractivity contribution in [2.75, 3.05) is 6.26 Å². The van der Waals surface area contributed by atoms with Crippen molar-refractivity contribution in [2.45, 2.75) is 18.0 Å². The molecule has 0 spiro atoms. The normalized spacial score (nSPS) is 12.6. The van der Waals surface area contributed by atoms with Gasteiger partial charge in [-0.15, -0.1) is 11.3 Å². The molecule has 0 unspecified atom stereocenters. The van der Waals surface area contributed by atoms with Crippen LogP contribution in [-0.4, -0.2) is 29.6 Å². The van der Waals surface area contributed by atoms with E-state index in [9.17, 15) is 30.4 Å². The van der Waals surface area contributed by atoms with E-state index in [0.29, 0.717) is 24.1 Å². The minimum absolute atomic E-state index is 0.138. The molecule has 0 bridgehead atoms. The number of nitrogens with one attached hydrogen (secondary N) is 1. The summed E-state index contributed by atoms with van der Waals surface area (Å²) in [6.45, 7) is 1.63. The minimum Gasteiger partial charge on any atom is -0.332 e. The molecule has 0 aliphatic rings. The number of aromatic nitrogens is 3. The second kappa shape index (κ2) is 6.37. The van der Waals surface area contributed by atoms with E-state index in [-0.39, 0.29) is 16.3 Å². The van der Waals surface area contributed by atoms with Gasteiger partial charge >= 0.3 is 6.18 Å². The third-order valence-electron chi connectivity index (χ3n) is 3.45. The van der Waals surface area contributed by atoms with Crippen LogP contribution >= 0.6 is 11.3 Å². The van der Waals surface area contributed by atoms with Crippen LogP contribution in [0.2, 0.25) is 0 Å². The quantitative estimate of drug-likeness (QED) is 0.641. The van der Waals surface area contributed by atoms with Crippen molar-refractivity contribution in [1.82, 2.24) is 15.0 Å². The van der Waals surface area contributed by atoms with Gasteiger partial charge in [-0.05, 0) is 19.1 Å². The molecule has 3 aromatic rings. The van der Waals surface area contributed by atoms with Crippen LogP contribution in [0.3, 0.4) is 0 Å². The number of nitrogens with zero attached hydrogens (tertiary/aromatic N) is 2. The first kappa shape index (κ1) is 19.4. The summed E-state index contributed by atoms with van der Waals surface area (Å²) in [5, 5.41) is 1.72. The highest BCUT2D eigenvalue weighted by molar-refractivity contribution is 7.90. The average Bonchev–Trinajstić information content (AvgIpc) is 3.10. The van der Waals surface area contributed by atoms with E-state index < -0.39 is 44.1 Å². The van der Waals surface area contributed by atoms with Crippen LogP contribution in [0.5, 0.6) is 0 Å². The standard InChI is InChI=1S/C15H10F5N3O2S2/c1-6-5-26-13(21-6)11-10(22-14(23-11)15(18,19)20)7-3-8(16)12(9(17)4-7)27(2,24)25/h3-5H,1-2H3,(H,22,23). The average molecular weight is 423 g/mol. The number of benzene rings is 1. The first-order valence-corrected chi connectivity index (χ1v) is 9.94. The van der Waals surface area contributed by atoms with Gasteiger partial charge < -0.3 is 4.98 Å². The van der Waals surface area contributed by atoms with Crippen LogP contribution in [0.1, 0.15) is 11.5 Å². The fourth-order valence-corrected chi connectivity index (χ4v) is 4.01. The molecule has 144 valence electrons. The Morgan fingerprint density at radius 1 is 1.11 bits per heavy atom. The van der Waals surface area contributed by atoms with Crippen molar-refractivity contribution in [3.8, 4) is 22.0 Å². The summed E-state index contributed by atoms with van der Waals surface area (Å²) in [6.07, 6.45) is -4.21. The summed E-state index contributed by atoms with van der Waals surface area (Å²) in [6, 6.07) is 1.25. The Morgan fingerprint density at radius 3 is 2.15 bits per heavy atom. The second-order valence-electron chi connectivity index (χ2n) is 5.64. The Bertz CT molecular complexity index is 1110. The SMILES string of the molecule is Cc1csc(-c2[nH]c(C(F)(F)F)nc2-c2cc(F)c(S(C)(=O)=O)c(F)c2)n1. The molecule has 2 heterocycles. The number of halogens is 5. The van der Waals surface area contributed by atoms with Crippen molar-refractivity contribution in [1.29, 1.82) is 0 Å². The van der Waals surface area contributed by atoms with Gasteiger partial charge in [0.25, 0.3) is 0 Å².